The van der Waals surface area contributed by atoms with E-state index >= 15 is 0 Å². The number of esters is 2. The van der Waals surface area contributed by atoms with E-state index in [2.05, 4.69) is 60.1 Å². The van der Waals surface area contributed by atoms with Crippen LogP contribution < -0.4 is 15.5 Å². The fourth-order valence-corrected chi connectivity index (χ4v) is 7.38. The molecule has 356 valence electrons. The first-order valence-electron chi connectivity index (χ1n) is 22.5. The second-order valence-electron chi connectivity index (χ2n) is 15.3. The molecule has 0 spiro atoms. The number of azide groups is 1. The maximum atomic E-state index is 12.8. The van der Waals surface area contributed by atoms with Crippen molar-refractivity contribution in [2.24, 2.45) is 21.3 Å². The molecule has 0 radical (unpaired) electrons. The zero-order valence-electron chi connectivity index (χ0n) is 38.2. The molecule has 0 saturated heterocycles. The molecule has 2 amide bonds. The summed E-state index contributed by atoms with van der Waals surface area (Å²) < 4.78 is 32.3. The topological polar surface area (TPSA) is 224 Å². The Kier molecular flexibility index (Phi) is 22.1. The maximum absolute atomic E-state index is 12.8. The highest BCUT2D eigenvalue weighted by molar-refractivity contribution is 5.94. The molecule has 5 rings (SSSR count). The van der Waals surface area contributed by atoms with Crippen molar-refractivity contribution in [2.45, 2.75) is 38.5 Å². The molecular weight excluding hydrogens is 861 g/mol. The van der Waals surface area contributed by atoms with E-state index in [1.54, 1.807) is 24.3 Å². The van der Waals surface area contributed by atoms with Gasteiger partial charge in [-0.25, -0.2) is 4.79 Å². The van der Waals surface area contributed by atoms with E-state index in [1.165, 1.54) is 7.11 Å². The third-order valence-corrected chi connectivity index (χ3v) is 10.8. The monoisotopic (exact) mass is 920 g/mol. The van der Waals surface area contributed by atoms with Crippen molar-refractivity contribution in [1.29, 1.82) is 0 Å². The van der Waals surface area contributed by atoms with Crippen LogP contribution in [-0.2, 0) is 38.0 Å². The largest absolute Gasteiger partial charge is 0.469 e. The summed E-state index contributed by atoms with van der Waals surface area (Å²) in [6.45, 7) is 6.72. The van der Waals surface area contributed by atoms with Gasteiger partial charge in [-0.3, -0.25) is 14.4 Å². The summed E-state index contributed by atoms with van der Waals surface area (Å²) in [5.41, 5.74) is 15.4. The van der Waals surface area contributed by atoms with Gasteiger partial charge in [0.2, 0.25) is 0 Å². The minimum Gasteiger partial charge on any atom is -0.469 e. The average Bonchev–Trinajstić information content (AvgIpc) is 3.68. The van der Waals surface area contributed by atoms with E-state index in [9.17, 15) is 19.2 Å². The van der Waals surface area contributed by atoms with Crippen molar-refractivity contribution >= 4 is 41.0 Å². The van der Waals surface area contributed by atoms with Gasteiger partial charge in [-0.05, 0) is 96.1 Å². The van der Waals surface area contributed by atoms with Crippen LogP contribution in [0, 0.1) is 5.92 Å². The van der Waals surface area contributed by atoms with Crippen LogP contribution >= 0.6 is 0 Å². The first-order valence-corrected chi connectivity index (χ1v) is 22.5. The first kappa shape index (κ1) is 51.1. The quantitative estimate of drug-likeness (QED) is 0.0126. The van der Waals surface area contributed by atoms with Gasteiger partial charge in [0, 0.05) is 48.3 Å². The lowest BCUT2D eigenvalue weighted by Crippen LogP contribution is -2.29. The summed E-state index contributed by atoms with van der Waals surface area (Å²) in [6, 6.07) is 30.6. The standard InChI is InChI=1S/C49H60N8O10/c1-3-57(40-21-19-39(20-22-40)55-54-38-17-15-36(16-18-38)47(59)51-24-27-63-30-32-65-33-31-64-28-25-53-56-50)26-29-66-46(58)34-37(48(60)62-2)10-8-9-23-52-49(61)67-35-45-43-13-6-4-11-41(43)42-12-5-7-14-44(42)45/h4-7,11-22,37,45H,3,8-10,23-35H2,1-2H3,(H,51,59)(H,52,61)/t37-/m1/s1. The number of benzene rings is 4. The predicted octanol–water partition coefficient (Wildman–Crippen LogP) is 8.45. The van der Waals surface area contributed by atoms with Crippen molar-refractivity contribution in [2.75, 3.05) is 97.6 Å². The van der Waals surface area contributed by atoms with Gasteiger partial charge in [0.05, 0.1) is 77.0 Å². The van der Waals surface area contributed by atoms with Crippen LogP contribution in [0.2, 0.25) is 0 Å². The lowest BCUT2D eigenvalue weighted by Gasteiger charge is -2.23. The Morgan fingerprint density at radius 2 is 1.33 bits per heavy atom. The molecule has 1 aliphatic carbocycles. The number of ether oxygens (including phenoxy) is 6. The lowest BCUT2D eigenvalue weighted by molar-refractivity contribution is -0.153. The summed E-state index contributed by atoms with van der Waals surface area (Å²) in [4.78, 5) is 55.2. The molecule has 4 aromatic rings. The molecule has 0 aliphatic heterocycles. The molecule has 0 heterocycles. The summed E-state index contributed by atoms with van der Waals surface area (Å²) >= 11 is 0. The number of nitrogens with one attached hydrogen (secondary N) is 2. The van der Waals surface area contributed by atoms with Crippen molar-refractivity contribution in [3.05, 3.63) is 124 Å². The fraction of sp³-hybridized carbons (Fsp3) is 0.429. The van der Waals surface area contributed by atoms with E-state index in [-0.39, 0.29) is 38.0 Å². The van der Waals surface area contributed by atoms with Crippen LogP contribution in [0.25, 0.3) is 21.6 Å². The van der Waals surface area contributed by atoms with Gasteiger partial charge in [-0.15, -0.1) is 0 Å². The molecule has 2 N–H and O–H groups in total. The number of alkyl carbamates (subject to hydrolysis) is 1. The predicted molar refractivity (Wildman–Crippen MR) is 252 cm³/mol. The third-order valence-electron chi connectivity index (χ3n) is 10.8. The minimum absolute atomic E-state index is 0.0261. The first-order chi connectivity index (χ1) is 32.8. The Bertz CT molecular complexity index is 2210. The number of amides is 2. The van der Waals surface area contributed by atoms with E-state index < -0.39 is 23.9 Å². The van der Waals surface area contributed by atoms with Gasteiger partial charge >= 0.3 is 18.0 Å². The molecule has 1 aliphatic rings. The molecule has 67 heavy (non-hydrogen) atoms. The second kappa shape index (κ2) is 28.9. The minimum atomic E-state index is -0.663. The maximum Gasteiger partial charge on any atom is 0.407 e. The van der Waals surface area contributed by atoms with E-state index in [4.69, 9.17) is 34.0 Å². The number of carbonyl (C=O) groups is 4. The van der Waals surface area contributed by atoms with Crippen LogP contribution in [0.5, 0.6) is 0 Å². The van der Waals surface area contributed by atoms with E-state index in [1.807, 2.05) is 55.5 Å². The van der Waals surface area contributed by atoms with E-state index in [0.717, 1.165) is 27.9 Å². The Hall–Kier alpha value is -6.85. The molecule has 0 unspecified atom stereocenters. The number of anilines is 1. The van der Waals surface area contributed by atoms with Crippen LogP contribution in [0.15, 0.2) is 112 Å². The number of nitrogens with zero attached hydrogens (tertiary/aromatic N) is 6. The number of carbonyl (C=O) groups excluding carboxylic acids is 4. The summed E-state index contributed by atoms with van der Waals surface area (Å²) in [5, 5.41) is 17.6. The van der Waals surface area contributed by atoms with Crippen molar-refractivity contribution in [3.63, 3.8) is 0 Å². The van der Waals surface area contributed by atoms with Gasteiger partial charge < -0.3 is 44.0 Å². The fourth-order valence-electron chi connectivity index (χ4n) is 7.38. The molecule has 0 bridgehead atoms. The van der Waals surface area contributed by atoms with Crippen LogP contribution in [-0.4, -0.2) is 117 Å². The highest BCUT2D eigenvalue weighted by atomic mass is 16.6. The number of likely N-dealkylation sites (N-methyl/N-ethyl adjacent to an activating group) is 1. The Morgan fingerprint density at radius 1 is 0.716 bits per heavy atom. The smallest absolute Gasteiger partial charge is 0.407 e. The molecule has 0 fully saturated rings. The lowest BCUT2D eigenvalue weighted by atomic mass is 9.98. The zero-order valence-corrected chi connectivity index (χ0v) is 38.2. The summed E-state index contributed by atoms with van der Waals surface area (Å²) in [6.07, 6.45) is 0.968. The molecule has 0 aromatic heterocycles. The molecular formula is C49H60N8O10. The van der Waals surface area contributed by atoms with Crippen molar-refractivity contribution in [3.8, 4) is 11.1 Å². The molecule has 18 nitrogen and oxygen atoms in total. The van der Waals surface area contributed by atoms with Crippen LogP contribution in [0.1, 0.15) is 60.0 Å². The molecule has 0 saturated carbocycles. The van der Waals surface area contributed by atoms with Crippen LogP contribution in [0.3, 0.4) is 0 Å². The van der Waals surface area contributed by atoms with Gasteiger partial charge in [0.1, 0.15) is 13.2 Å². The number of hydrogen-bond donors (Lipinski definition) is 2. The number of methoxy groups -OCH3 is 1. The summed E-state index contributed by atoms with van der Waals surface area (Å²) in [7, 11) is 1.30. The van der Waals surface area contributed by atoms with Gasteiger partial charge in [0.15, 0.2) is 0 Å². The van der Waals surface area contributed by atoms with Crippen LogP contribution in [0.4, 0.5) is 21.9 Å². The highest BCUT2D eigenvalue weighted by Crippen LogP contribution is 2.44. The van der Waals surface area contributed by atoms with Gasteiger partial charge in [0.25, 0.3) is 5.91 Å². The normalized spacial score (nSPS) is 12.1. The van der Waals surface area contributed by atoms with Gasteiger partial charge in [-0.1, -0.05) is 60.1 Å². The third kappa shape index (κ3) is 17.1. The number of unbranched alkanes of at least 4 members (excludes halogenated alkanes) is 1. The summed E-state index contributed by atoms with van der Waals surface area (Å²) in [5.74, 6) is -1.89. The average molecular weight is 921 g/mol. The zero-order chi connectivity index (χ0) is 47.5. The van der Waals surface area contributed by atoms with E-state index in [0.29, 0.717) is 102 Å². The molecule has 18 heteroatoms. The number of azo groups is 1. The highest BCUT2D eigenvalue weighted by Gasteiger charge is 2.29. The number of hydrogen-bond acceptors (Lipinski definition) is 14. The SMILES string of the molecule is CCN(CCOC(=O)C[C@@H](CCCCNC(=O)OCC1c2ccccc2-c2ccccc21)C(=O)OC)c1ccc(N=Nc2ccc(C(=O)NCCOCCOCCOCCN=[N+]=[N-])cc2)cc1. The molecule has 4 aromatic carbocycles. The van der Waals surface area contributed by atoms with Crippen molar-refractivity contribution in [1.82, 2.24) is 10.6 Å². The molecule has 1 atom stereocenters. The number of rotatable bonds is 30. The number of fused-ring (bicyclic) bond motifs is 3. The Balaban J connectivity index is 0.933. The second-order valence-corrected chi connectivity index (χ2v) is 15.3. The Labute approximate surface area is 390 Å². The Morgan fingerprint density at radius 3 is 1.96 bits per heavy atom. The van der Waals surface area contributed by atoms with Gasteiger partial charge in [-0.2, -0.15) is 10.2 Å². The van der Waals surface area contributed by atoms with Crippen molar-refractivity contribution < 1.29 is 47.6 Å².